The molecule has 0 aromatic rings. The van der Waals surface area contributed by atoms with Crippen molar-refractivity contribution < 1.29 is 26.4 Å². The summed E-state index contributed by atoms with van der Waals surface area (Å²) in [6, 6.07) is 1.27. The summed E-state index contributed by atoms with van der Waals surface area (Å²) < 4.78 is 0. The Morgan fingerprint density at radius 2 is 1.46 bits per heavy atom. The minimum Gasteiger partial charge on any atom is -0.483 e. The summed E-state index contributed by atoms with van der Waals surface area (Å²) in [5.41, 5.74) is 0. The van der Waals surface area contributed by atoms with Crippen molar-refractivity contribution in [2.24, 2.45) is 0 Å². The molecule has 0 saturated heterocycles. The van der Waals surface area contributed by atoms with Crippen LogP contribution in [-0.4, -0.2) is 28.6 Å². The Balaban J connectivity index is -0.000000220. The summed E-state index contributed by atoms with van der Waals surface area (Å²) in [6.07, 6.45) is 0. The van der Waals surface area contributed by atoms with Crippen LogP contribution in [0.5, 0.6) is 0 Å². The van der Waals surface area contributed by atoms with Crippen molar-refractivity contribution in [2.75, 3.05) is 0 Å². The minimum absolute atomic E-state index is 0. The van der Waals surface area contributed by atoms with Crippen LogP contribution in [-0.2, 0) is 21.3 Å². The third-order valence-electron chi connectivity index (χ3n) is 1.49. The number of carbonyl (C=O) groups is 1. The van der Waals surface area contributed by atoms with Crippen molar-refractivity contribution >= 4 is 6.47 Å². The molecule has 4 heteroatoms. The van der Waals surface area contributed by atoms with Gasteiger partial charge in [-0.1, -0.05) is 27.7 Å². The van der Waals surface area contributed by atoms with Crippen LogP contribution in [0, 0.1) is 6.54 Å². The molecule has 0 aliphatic rings. The number of carboxylic acid groups (broad SMARTS) is 1. The Hall–Kier alpha value is -0.0765. The van der Waals surface area contributed by atoms with Gasteiger partial charge in [-0.05, 0) is 12.1 Å². The Morgan fingerprint density at radius 1 is 1.23 bits per heavy atom. The molecule has 0 spiro atoms. The quantitative estimate of drug-likeness (QED) is 0.460. The second-order valence-corrected chi connectivity index (χ2v) is 3.00. The van der Waals surface area contributed by atoms with Gasteiger partial charge in [-0.25, -0.2) is 0 Å². The van der Waals surface area contributed by atoms with Crippen LogP contribution in [0.15, 0.2) is 0 Å². The van der Waals surface area contributed by atoms with Crippen molar-refractivity contribution in [3.8, 4) is 0 Å². The minimum atomic E-state index is -0.250. The number of hydrogen-bond donors (Lipinski definition) is 1. The van der Waals surface area contributed by atoms with Gasteiger partial charge >= 0.3 is 0 Å². The largest absolute Gasteiger partial charge is 0.483 e. The molecule has 1 N–H and O–H groups in total. The summed E-state index contributed by atoms with van der Waals surface area (Å²) in [6.45, 7) is 12.8. The Kier molecular flexibility index (Phi) is 17.1. The van der Waals surface area contributed by atoms with Gasteiger partial charge in [-0.2, -0.15) is 6.92 Å². The topological polar surface area (TPSA) is 40.5 Å². The van der Waals surface area contributed by atoms with E-state index in [2.05, 4.69) is 46.1 Å². The van der Waals surface area contributed by atoms with E-state index < -0.39 is 0 Å². The second-order valence-electron chi connectivity index (χ2n) is 3.00. The van der Waals surface area contributed by atoms with Crippen molar-refractivity contribution in [1.29, 1.82) is 0 Å². The van der Waals surface area contributed by atoms with Crippen LogP contribution >= 0.6 is 0 Å². The van der Waals surface area contributed by atoms with Gasteiger partial charge in [0.2, 0.25) is 0 Å². The molecular weight excluding hydrogens is 213 g/mol. The van der Waals surface area contributed by atoms with Gasteiger partial charge in [0.1, 0.15) is 0 Å². The molecule has 0 heterocycles. The molecule has 0 radical (unpaired) electrons. The van der Waals surface area contributed by atoms with E-state index in [0.717, 1.165) is 0 Å². The molecule has 0 fully saturated rings. The van der Waals surface area contributed by atoms with E-state index in [1.807, 2.05) is 0 Å². The third-order valence-corrected chi connectivity index (χ3v) is 1.49. The van der Waals surface area contributed by atoms with Crippen LogP contribution in [0.4, 0.5) is 0 Å². The van der Waals surface area contributed by atoms with Crippen LogP contribution < -0.4 is 0 Å². The average molecular weight is 233 g/mol. The van der Waals surface area contributed by atoms with Crippen molar-refractivity contribution in [3.05, 3.63) is 6.54 Å². The summed E-state index contributed by atoms with van der Waals surface area (Å²) in [7, 11) is 0. The van der Waals surface area contributed by atoms with Crippen molar-refractivity contribution in [2.45, 2.75) is 46.7 Å². The zero-order chi connectivity index (χ0) is 10.1. The summed E-state index contributed by atoms with van der Waals surface area (Å²) in [4.78, 5) is 10.7. The zero-order valence-corrected chi connectivity index (χ0v) is 9.92. The molecule has 0 saturated carbocycles. The first-order valence-electron chi connectivity index (χ1n) is 4.16. The normalized spacial score (nSPS) is 9.23. The molecule has 0 atom stereocenters. The molecule has 0 aliphatic carbocycles. The molecule has 0 unspecified atom stereocenters. The fourth-order valence-corrected chi connectivity index (χ4v) is 1.19. The average Bonchev–Trinajstić information content (AvgIpc) is 1.88. The standard InChI is InChI=1S/C8H18N.CH2O2.Ni/c1-6-9(7(2)3)8(4)5;2-1-3;/h6-8H,1-5H3;1H,(H,2,3);/q-1;;. The maximum atomic E-state index is 8.36. The number of hydrogen-bond acceptors (Lipinski definition) is 2. The van der Waals surface area contributed by atoms with E-state index in [-0.39, 0.29) is 23.0 Å². The molecular formula is C9H20NNiO2-. The smallest absolute Gasteiger partial charge is 0.290 e. The van der Waals surface area contributed by atoms with E-state index in [1.165, 1.54) is 0 Å². The fraction of sp³-hybridized carbons (Fsp3) is 0.778. The van der Waals surface area contributed by atoms with Crippen molar-refractivity contribution in [1.82, 2.24) is 4.90 Å². The summed E-state index contributed by atoms with van der Waals surface area (Å²) >= 11 is 0. The molecule has 0 rings (SSSR count). The molecule has 3 nitrogen and oxygen atoms in total. The van der Waals surface area contributed by atoms with Gasteiger partial charge in [-0.15, -0.1) is 0 Å². The zero-order valence-electron chi connectivity index (χ0n) is 8.93. The van der Waals surface area contributed by atoms with Crippen molar-refractivity contribution in [3.63, 3.8) is 0 Å². The van der Waals surface area contributed by atoms with Gasteiger partial charge < -0.3 is 10.0 Å². The monoisotopic (exact) mass is 232 g/mol. The molecule has 0 aromatic carbocycles. The number of nitrogens with zero attached hydrogens (tertiary/aromatic N) is 1. The van der Waals surface area contributed by atoms with Gasteiger partial charge in [0, 0.05) is 16.5 Å². The molecule has 0 aromatic heterocycles. The van der Waals surface area contributed by atoms with E-state index in [9.17, 15) is 0 Å². The van der Waals surface area contributed by atoms with E-state index >= 15 is 0 Å². The third kappa shape index (κ3) is 11.9. The second kappa shape index (κ2) is 11.9. The first kappa shape index (κ1) is 18.7. The van der Waals surface area contributed by atoms with Crippen LogP contribution in [0.25, 0.3) is 0 Å². The van der Waals surface area contributed by atoms with Crippen LogP contribution in [0.3, 0.4) is 0 Å². The fourth-order valence-electron chi connectivity index (χ4n) is 1.19. The molecule has 0 amide bonds. The predicted molar refractivity (Wildman–Crippen MR) is 50.8 cm³/mol. The van der Waals surface area contributed by atoms with E-state index in [0.29, 0.717) is 12.1 Å². The summed E-state index contributed by atoms with van der Waals surface area (Å²) in [5, 5.41) is 6.89. The number of rotatable bonds is 3. The Bertz CT molecular complexity index is 99.8. The van der Waals surface area contributed by atoms with Gasteiger partial charge in [-0.3, -0.25) is 11.3 Å². The molecule has 84 valence electrons. The Morgan fingerprint density at radius 3 is 1.46 bits per heavy atom. The summed E-state index contributed by atoms with van der Waals surface area (Å²) in [5.74, 6) is 0. The van der Waals surface area contributed by atoms with E-state index in [1.54, 1.807) is 0 Å². The molecule has 0 bridgehead atoms. The maximum absolute atomic E-state index is 8.36. The Labute approximate surface area is 91.4 Å². The first-order chi connectivity index (χ1) is 5.51. The van der Waals surface area contributed by atoms with Crippen LogP contribution in [0.2, 0.25) is 0 Å². The van der Waals surface area contributed by atoms with Gasteiger partial charge in [0.05, 0.1) is 0 Å². The first-order valence-corrected chi connectivity index (χ1v) is 4.16. The predicted octanol–water partition coefficient (Wildman–Crippen LogP) is 1.99. The van der Waals surface area contributed by atoms with Gasteiger partial charge in [0.25, 0.3) is 6.47 Å². The molecule has 13 heavy (non-hydrogen) atoms. The SMILES string of the molecule is C[CH-]N(C(C)C)C(C)C.O=CO.[Ni]. The maximum Gasteiger partial charge on any atom is 0.290 e. The van der Waals surface area contributed by atoms with Gasteiger partial charge in [0.15, 0.2) is 0 Å². The van der Waals surface area contributed by atoms with E-state index in [4.69, 9.17) is 9.90 Å². The molecule has 0 aliphatic heterocycles. The van der Waals surface area contributed by atoms with Crippen LogP contribution in [0.1, 0.15) is 34.6 Å².